The van der Waals surface area contributed by atoms with Gasteiger partial charge < -0.3 is 35.7 Å². The van der Waals surface area contributed by atoms with E-state index in [0.717, 1.165) is 5.56 Å². The van der Waals surface area contributed by atoms with Gasteiger partial charge >= 0.3 is 12.1 Å². The van der Waals surface area contributed by atoms with Gasteiger partial charge in [-0.05, 0) is 53.9 Å². The number of para-hydroxylation sites is 2. The lowest BCUT2D eigenvalue weighted by Crippen LogP contribution is -2.28. The molecule has 1 atom stereocenters. The summed E-state index contributed by atoms with van der Waals surface area (Å²) >= 11 is 0. The molecule has 0 unspecified atom stereocenters. The molecule has 5 N–H and O–H groups in total. The third-order valence-electron chi connectivity index (χ3n) is 5.63. The van der Waals surface area contributed by atoms with Gasteiger partial charge in [0.25, 0.3) is 5.91 Å². The number of carbonyl (C=O) groups excluding carboxylic acids is 2. The number of anilines is 2. The third kappa shape index (κ3) is 6.69. The molecule has 0 bridgehead atoms. The van der Waals surface area contributed by atoms with Gasteiger partial charge in [0, 0.05) is 5.56 Å². The summed E-state index contributed by atoms with van der Waals surface area (Å²) in [6, 6.07) is 16.4. The van der Waals surface area contributed by atoms with Crippen molar-refractivity contribution in [1.82, 2.24) is 5.32 Å². The Labute approximate surface area is 214 Å². The van der Waals surface area contributed by atoms with E-state index in [2.05, 4.69) is 10.6 Å². The van der Waals surface area contributed by atoms with Crippen molar-refractivity contribution in [2.75, 3.05) is 25.3 Å². The number of rotatable bonds is 10. The van der Waals surface area contributed by atoms with Gasteiger partial charge in [0.15, 0.2) is 0 Å². The lowest BCUT2D eigenvalue weighted by atomic mass is 10.0. The fourth-order valence-electron chi connectivity index (χ4n) is 3.69. The molecule has 0 aromatic heterocycles. The summed E-state index contributed by atoms with van der Waals surface area (Å²) in [4.78, 5) is 36.5. The number of carboxylic acid groups (broad SMARTS) is 1. The molecule has 0 aliphatic rings. The van der Waals surface area contributed by atoms with Crippen LogP contribution in [0.25, 0.3) is 0 Å². The van der Waals surface area contributed by atoms with E-state index in [1.165, 1.54) is 26.4 Å². The number of alkyl carbamates (subject to hydrolysis) is 1. The summed E-state index contributed by atoms with van der Waals surface area (Å²) in [5, 5.41) is 15.0. The van der Waals surface area contributed by atoms with Crippen molar-refractivity contribution in [3.05, 3.63) is 82.9 Å². The van der Waals surface area contributed by atoms with Crippen LogP contribution in [0.3, 0.4) is 0 Å². The normalized spacial score (nSPS) is 11.2. The summed E-state index contributed by atoms with van der Waals surface area (Å²) in [6.07, 6.45) is -0.0793. The number of ether oxygens (including phenoxy) is 3. The monoisotopic (exact) mass is 507 g/mol. The van der Waals surface area contributed by atoms with Gasteiger partial charge in [-0.2, -0.15) is 0 Å². The Kier molecular flexibility index (Phi) is 8.93. The molecule has 0 heterocycles. The molecule has 10 heteroatoms. The topological polar surface area (TPSA) is 149 Å². The number of nitrogens with two attached hydrogens (primary N) is 1. The minimum absolute atomic E-state index is 0.0939. The van der Waals surface area contributed by atoms with E-state index in [0.29, 0.717) is 28.9 Å². The Morgan fingerprint density at radius 3 is 2.14 bits per heavy atom. The summed E-state index contributed by atoms with van der Waals surface area (Å²) in [6.45, 7) is 1.78. The molecule has 0 spiro atoms. The molecule has 0 saturated carbocycles. The predicted molar refractivity (Wildman–Crippen MR) is 138 cm³/mol. The van der Waals surface area contributed by atoms with Crippen LogP contribution in [0.2, 0.25) is 0 Å². The number of aromatic carboxylic acids is 1. The van der Waals surface area contributed by atoms with Crippen LogP contribution in [0.5, 0.6) is 11.5 Å². The van der Waals surface area contributed by atoms with Crippen LogP contribution in [0.4, 0.5) is 16.2 Å². The lowest BCUT2D eigenvalue weighted by Gasteiger charge is -2.18. The van der Waals surface area contributed by atoms with E-state index in [4.69, 9.17) is 19.9 Å². The van der Waals surface area contributed by atoms with Crippen molar-refractivity contribution >= 4 is 29.3 Å². The van der Waals surface area contributed by atoms with Gasteiger partial charge in [-0.1, -0.05) is 31.2 Å². The van der Waals surface area contributed by atoms with Crippen LogP contribution < -0.4 is 25.8 Å². The SMILES string of the molecule is CC[C@H](NC(=O)OCc1cc(OC)c(C(=O)O)c(OC)c1)c1ccc(C(=O)Nc2ccccc2N)cc1. The van der Waals surface area contributed by atoms with Gasteiger partial charge in [0.05, 0.1) is 31.6 Å². The Morgan fingerprint density at radius 2 is 1.59 bits per heavy atom. The Bertz CT molecular complexity index is 1250. The summed E-state index contributed by atoms with van der Waals surface area (Å²) < 4.78 is 15.6. The fourth-order valence-corrected chi connectivity index (χ4v) is 3.69. The van der Waals surface area contributed by atoms with Crippen LogP contribution >= 0.6 is 0 Å². The van der Waals surface area contributed by atoms with E-state index in [9.17, 15) is 19.5 Å². The Hall–Kier alpha value is -4.73. The van der Waals surface area contributed by atoms with Crippen LogP contribution in [0.15, 0.2) is 60.7 Å². The number of carbonyl (C=O) groups is 3. The maximum absolute atomic E-state index is 12.6. The molecule has 3 aromatic carbocycles. The van der Waals surface area contributed by atoms with Crippen molar-refractivity contribution in [2.24, 2.45) is 0 Å². The maximum atomic E-state index is 12.6. The third-order valence-corrected chi connectivity index (χ3v) is 5.63. The molecule has 0 fully saturated rings. The number of hydrogen-bond donors (Lipinski definition) is 4. The fraction of sp³-hybridized carbons (Fsp3) is 0.222. The highest BCUT2D eigenvalue weighted by Crippen LogP contribution is 2.31. The quantitative estimate of drug-likeness (QED) is 0.291. The van der Waals surface area contributed by atoms with Crippen LogP contribution in [-0.2, 0) is 11.3 Å². The van der Waals surface area contributed by atoms with Crippen LogP contribution in [0, 0.1) is 0 Å². The summed E-state index contributed by atoms with van der Waals surface area (Å²) in [5.41, 5.74) is 8.50. The van der Waals surface area contributed by atoms with Gasteiger partial charge in [0.1, 0.15) is 23.7 Å². The van der Waals surface area contributed by atoms with E-state index in [1.54, 1.807) is 48.5 Å². The number of nitrogen functional groups attached to an aromatic ring is 1. The first-order chi connectivity index (χ1) is 17.8. The maximum Gasteiger partial charge on any atom is 0.407 e. The molecule has 2 amide bonds. The minimum Gasteiger partial charge on any atom is -0.496 e. The predicted octanol–water partition coefficient (Wildman–Crippen LogP) is 4.61. The highest BCUT2D eigenvalue weighted by molar-refractivity contribution is 6.05. The van der Waals surface area contributed by atoms with E-state index < -0.39 is 12.1 Å². The average Bonchev–Trinajstić information content (AvgIpc) is 2.91. The molecular weight excluding hydrogens is 478 g/mol. The largest absolute Gasteiger partial charge is 0.496 e. The van der Waals surface area contributed by atoms with Gasteiger partial charge in [-0.15, -0.1) is 0 Å². The lowest BCUT2D eigenvalue weighted by molar-refractivity contribution is 0.0688. The molecule has 194 valence electrons. The first-order valence-corrected chi connectivity index (χ1v) is 11.4. The molecule has 3 aromatic rings. The zero-order valence-corrected chi connectivity index (χ0v) is 20.7. The van der Waals surface area contributed by atoms with Crippen molar-refractivity contribution in [1.29, 1.82) is 0 Å². The highest BCUT2D eigenvalue weighted by Gasteiger charge is 2.20. The molecule has 37 heavy (non-hydrogen) atoms. The van der Waals surface area contributed by atoms with Crippen molar-refractivity contribution in [3.8, 4) is 11.5 Å². The molecule has 3 rings (SSSR count). The smallest absolute Gasteiger partial charge is 0.407 e. The minimum atomic E-state index is -1.20. The molecule has 0 saturated heterocycles. The Morgan fingerprint density at radius 1 is 0.973 bits per heavy atom. The number of benzene rings is 3. The second-order valence-corrected chi connectivity index (χ2v) is 8.03. The first kappa shape index (κ1) is 26.9. The number of hydrogen-bond acceptors (Lipinski definition) is 7. The molecular formula is C27H29N3O7. The molecule has 10 nitrogen and oxygen atoms in total. The summed E-state index contributed by atoms with van der Waals surface area (Å²) in [7, 11) is 2.69. The molecule has 0 radical (unpaired) electrons. The zero-order chi connectivity index (χ0) is 26.9. The van der Waals surface area contributed by atoms with Gasteiger partial charge in [0.2, 0.25) is 0 Å². The molecule has 0 aliphatic heterocycles. The molecule has 0 aliphatic carbocycles. The number of methoxy groups -OCH3 is 2. The van der Waals surface area contributed by atoms with E-state index in [1.807, 2.05) is 6.92 Å². The van der Waals surface area contributed by atoms with Crippen molar-refractivity contribution in [2.45, 2.75) is 26.0 Å². The second-order valence-electron chi connectivity index (χ2n) is 8.03. The zero-order valence-electron chi connectivity index (χ0n) is 20.7. The van der Waals surface area contributed by atoms with E-state index in [-0.39, 0.29) is 35.6 Å². The highest BCUT2D eigenvalue weighted by atomic mass is 16.5. The number of nitrogens with one attached hydrogen (secondary N) is 2. The van der Waals surface area contributed by atoms with Crippen molar-refractivity contribution < 1.29 is 33.7 Å². The van der Waals surface area contributed by atoms with Crippen LogP contribution in [0.1, 0.15) is 51.2 Å². The van der Waals surface area contributed by atoms with Crippen molar-refractivity contribution in [3.63, 3.8) is 0 Å². The second kappa shape index (κ2) is 12.3. The first-order valence-electron chi connectivity index (χ1n) is 11.4. The number of amides is 2. The van der Waals surface area contributed by atoms with E-state index >= 15 is 0 Å². The Balaban J connectivity index is 1.62. The van der Waals surface area contributed by atoms with Crippen LogP contribution in [-0.4, -0.2) is 37.3 Å². The average molecular weight is 508 g/mol. The summed E-state index contributed by atoms with van der Waals surface area (Å²) in [5.74, 6) is -1.31. The number of carboxylic acids is 1. The standard InChI is InChI=1S/C27H29N3O7/c1-4-20(17-9-11-18(12-10-17)25(31)29-21-8-6-5-7-19(21)28)30-27(34)37-15-16-13-22(35-2)24(26(32)33)23(14-16)36-3/h5-14,20H,4,15,28H2,1-3H3,(H,29,31)(H,30,34)(H,32,33)/t20-/m0/s1. The van der Waals surface area contributed by atoms with Gasteiger partial charge in [-0.25, -0.2) is 9.59 Å². The van der Waals surface area contributed by atoms with Gasteiger partial charge in [-0.3, -0.25) is 4.79 Å².